The Hall–Kier alpha value is -2.53. The number of benzene rings is 2. The standard InChI is InChI=1S/C16H14N2O2S/c1-20-14-7-2-4-11(8-14)15-10-21-16(18-15)17-12-5-3-6-13(19)9-12/h2-10,19H,1H3,(H,17,18). The van der Waals surface area contributed by atoms with Crippen LogP contribution in [0.2, 0.25) is 0 Å². The quantitative estimate of drug-likeness (QED) is 0.755. The maximum absolute atomic E-state index is 9.46. The van der Waals surface area contributed by atoms with Gasteiger partial charge in [0.2, 0.25) is 0 Å². The number of phenolic OH excluding ortho intramolecular Hbond substituents is 1. The van der Waals surface area contributed by atoms with E-state index < -0.39 is 0 Å². The maximum Gasteiger partial charge on any atom is 0.187 e. The van der Waals surface area contributed by atoms with Crippen molar-refractivity contribution >= 4 is 22.2 Å². The van der Waals surface area contributed by atoms with E-state index in [-0.39, 0.29) is 5.75 Å². The highest BCUT2D eigenvalue weighted by Gasteiger charge is 2.06. The predicted octanol–water partition coefficient (Wildman–Crippen LogP) is 4.27. The van der Waals surface area contributed by atoms with Crippen molar-refractivity contribution in [1.82, 2.24) is 4.98 Å². The molecule has 5 heteroatoms. The number of ether oxygens (including phenoxy) is 1. The van der Waals surface area contributed by atoms with E-state index in [1.807, 2.05) is 35.7 Å². The van der Waals surface area contributed by atoms with Gasteiger partial charge in [-0.3, -0.25) is 0 Å². The minimum atomic E-state index is 0.226. The molecule has 0 radical (unpaired) electrons. The first-order valence-corrected chi connectivity index (χ1v) is 7.28. The van der Waals surface area contributed by atoms with Gasteiger partial charge in [-0.05, 0) is 24.3 Å². The molecule has 21 heavy (non-hydrogen) atoms. The summed E-state index contributed by atoms with van der Waals surface area (Å²) in [6.07, 6.45) is 0. The van der Waals surface area contributed by atoms with Crippen LogP contribution in [0, 0.1) is 0 Å². The molecule has 0 spiro atoms. The Balaban J connectivity index is 1.82. The molecule has 0 unspecified atom stereocenters. The van der Waals surface area contributed by atoms with E-state index in [9.17, 15) is 5.11 Å². The Morgan fingerprint density at radius 3 is 2.81 bits per heavy atom. The summed E-state index contributed by atoms with van der Waals surface area (Å²) < 4.78 is 5.22. The molecular weight excluding hydrogens is 284 g/mol. The van der Waals surface area contributed by atoms with Crippen molar-refractivity contribution in [3.63, 3.8) is 0 Å². The first-order chi connectivity index (χ1) is 10.2. The van der Waals surface area contributed by atoms with Gasteiger partial charge in [0.25, 0.3) is 0 Å². The summed E-state index contributed by atoms with van der Waals surface area (Å²) in [5, 5.41) is 15.4. The second-order valence-electron chi connectivity index (χ2n) is 4.45. The van der Waals surface area contributed by atoms with E-state index in [2.05, 4.69) is 10.3 Å². The molecule has 106 valence electrons. The van der Waals surface area contributed by atoms with Crippen LogP contribution in [0.5, 0.6) is 11.5 Å². The molecule has 1 aromatic heterocycles. The van der Waals surface area contributed by atoms with E-state index in [1.54, 1.807) is 25.3 Å². The third-order valence-corrected chi connectivity index (χ3v) is 3.72. The molecule has 2 aromatic carbocycles. The number of nitrogens with zero attached hydrogens (tertiary/aromatic N) is 1. The fourth-order valence-electron chi connectivity index (χ4n) is 1.95. The summed E-state index contributed by atoms with van der Waals surface area (Å²) >= 11 is 1.51. The van der Waals surface area contributed by atoms with Crippen molar-refractivity contribution in [2.45, 2.75) is 0 Å². The Labute approximate surface area is 126 Å². The lowest BCUT2D eigenvalue weighted by atomic mass is 10.2. The van der Waals surface area contributed by atoms with Gasteiger partial charge >= 0.3 is 0 Å². The Morgan fingerprint density at radius 2 is 2.00 bits per heavy atom. The first-order valence-electron chi connectivity index (χ1n) is 6.40. The van der Waals surface area contributed by atoms with Gasteiger partial charge in [-0.1, -0.05) is 18.2 Å². The van der Waals surface area contributed by atoms with Crippen molar-refractivity contribution in [1.29, 1.82) is 0 Å². The summed E-state index contributed by atoms with van der Waals surface area (Å²) in [7, 11) is 1.65. The van der Waals surface area contributed by atoms with Gasteiger partial charge in [0, 0.05) is 22.7 Å². The predicted molar refractivity (Wildman–Crippen MR) is 85.5 cm³/mol. The first kappa shape index (κ1) is 13.5. The number of phenols is 1. The van der Waals surface area contributed by atoms with Crippen LogP contribution in [0.1, 0.15) is 0 Å². The van der Waals surface area contributed by atoms with E-state index in [1.165, 1.54) is 11.3 Å². The fourth-order valence-corrected chi connectivity index (χ4v) is 2.69. The lowest BCUT2D eigenvalue weighted by molar-refractivity contribution is 0.415. The van der Waals surface area contributed by atoms with Gasteiger partial charge in [-0.25, -0.2) is 4.98 Å². The second-order valence-corrected chi connectivity index (χ2v) is 5.30. The number of methoxy groups -OCH3 is 1. The largest absolute Gasteiger partial charge is 0.508 e. The topological polar surface area (TPSA) is 54.4 Å². The zero-order valence-electron chi connectivity index (χ0n) is 11.4. The van der Waals surface area contributed by atoms with Crippen LogP contribution in [0.25, 0.3) is 11.3 Å². The number of aromatic nitrogens is 1. The third-order valence-electron chi connectivity index (χ3n) is 2.97. The Bertz CT molecular complexity index is 755. The maximum atomic E-state index is 9.46. The number of hydrogen-bond acceptors (Lipinski definition) is 5. The number of thiazole rings is 1. The normalized spacial score (nSPS) is 10.3. The molecule has 0 aliphatic carbocycles. The number of rotatable bonds is 4. The molecule has 3 rings (SSSR count). The SMILES string of the molecule is COc1cccc(-c2csc(Nc3cccc(O)c3)n2)c1. The van der Waals surface area contributed by atoms with Crippen LogP contribution in [0.15, 0.2) is 53.9 Å². The molecule has 0 amide bonds. The van der Waals surface area contributed by atoms with Gasteiger partial charge in [-0.2, -0.15) is 0 Å². The molecular formula is C16H14N2O2S. The minimum Gasteiger partial charge on any atom is -0.508 e. The van der Waals surface area contributed by atoms with Crippen LogP contribution in [-0.4, -0.2) is 17.2 Å². The third kappa shape index (κ3) is 3.14. The zero-order chi connectivity index (χ0) is 14.7. The van der Waals surface area contributed by atoms with Crippen LogP contribution in [0.4, 0.5) is 10.8 Å². The molecule has 0 aliphatic rings. The van der Waals surface area contributed by atoms with E-state index >= 15 is 0 Å². The molecule has 3 aromatic rings. The van der Waals surface area contributed by atoms with Crippen molar-refractivity contribution in [2.75, 3.05) is 12.4 Å². The average Bonchev–Trinajstić information content (AvgIpc) is 2.96. The smallest absolute Gasteiger partial charge is 0.187 e. The second kappa shape index (κ2) is 5.85. The summed E-state index contributed by atoms with van der Waals surface area (Å²) in [5.41, 5.74) is 2.71. The average molecular weight is 298 g/mol. The number of anilines is 2. The molecule has 0 saturated carbocycles. The molecule has 0 aliphatic heterocycles. The van der Waals surface area contributed by atoms with Crippen molar-refractivity contribution in [3.8, 4) is 22.8 Å². The highest BCUT2D eigenvalue weighted by atomic mass is 32.1. The van der Waals surface area contributed by atoms with Gasteiger partial charge in [0.05, 0.1) is 12.8 Å². The number of nitrogens with one attached hydrogen (secondary N) is 1. The van der Waals surface area contributed by atoms with Gasteiger partial charge in [-0.15, -0.1) is 11.3 Å². The van der Waals surface area contributed by atoms with E-state index in [4.69, 9.17) is 4.74 Å². The van der Waals surface area contributed by atoms with E-state index in [0.29, 0.717) is 0 Å². The lowest BCUT2D eigenvalue weighted by Crippen LogP contribution is -1.89. The molecule has 0 atom stereocenters. The van der Waals surface area contributed by atoms with Crippen LogP contribution in [-0.2, 0) is 0 Å². The summed E-state index contributed by atoms with van der Waals surface area (Å²) in [6, 6.07) is 14.8. The Morgan fingerprint density at radius 1 is 1.14 bits per heavy atom. The summed E-state index contributed by atoms with van der Waals surface area (Å²) in [5.74, 6) is 1.03. The summed E-state index contributed by atoms with van der Waals surface area (Å²) in [6.45, 7) is 0. The van der Waals surface area contributed by atoms with Crippen molar-refractivity contribution in [2.24, 2.45) is 0 Å². The van der Waals surface area contributed by atoms with Crippen LogP contribution >= 0.6 is 11.3 Å². The molecule has 2 N–H and O–H groups in total. The summed E-state index contributed by atoms with van der Waals surface area (Å²) in [4.78, 5) is 4.55. The molecule has 0 bridgehead atoms. The highest BCUT2D eigenvalue weighted by molar-refractivity contribution is 7.14. The fraction of sp³-hybridized carbons (Fsp3) is 0.0625. The molecule has 0 saturated heterocycles. The molecule has 4 nitrogen and oxygen atoms in total. The molecule has 0 fully saturated rings. The van der Waals surface area contributed by atoms with Gasteiger partial charge < -0.3 is 15.2 Å². The van der Waals surface area contributed by atoms with Crippen molar-refractivity contribution in [3.05, 3.63) is 53.9 Å². The monoisotopic (exact) mass is 298 g/mol. The zero-order valence-corrected chi connectivity index (χ0v) is 12.2. The number of aromatic hydroxyl groups is 1. The van der Waals surface area contributed by atoms with Gasteiger partial charge in [0.15, 0.2) is 5.13 Å². The van der Waals surface area contributed by atoms with Crippen LogP contribution < -0.4 is 10.1 Å². The Kier molecular flexibility index (Phi) is 3.75. The van der Waals surface area contributed by atoms with E-state index in [0.717, 1.165) is 27.8 Å². The van der Waals surface area contributed by atoms with Gasteiger partial charge in [0.1, 0.15) is 11.5 Å². The van der Waals surface area contributed by atoms with Crippen molar-refractivity contribution < 1.29 is 9.84 Å². The minimum absolute atomic E-state index is 0.226. The van der Waals surface area contributed by atoms with Crippen LogP contribution in [0.3, 0.4) is 0 Å². The number of hydrogen-bond donors (Lipinski definition) is 2. The lowest BCUT2D eigenvalue weighted by Gasteiger charge is -2.03. The highest BCUT2D eigenvalue weighted by Crippen LogP contribution is 2.29. The molecule has 1 heterocycles.